The van der Waals surface area contributed by atoms with Crippen molar-refractivity contribution in [1.29, 1.82) is 5.26 Å². The third-order valence-electron chi connectivity index (χ3n) is 4.96. The number of halogens is 5. The Hall–Kier alpha value is -3.75. The number of para-hydroxylation sites is 1. The fraction of sp³-hybridized carbons (Fsp3) is 0.0800. The number of nitrogens with zero attached hydrogens (tertiary/aromatic N) is 2. The smallest absolute Gasteiger partial charge is 0.320 e. The maximum atomic E-state index is 14.2. The number of amides is 1. The van der Waals surface area contributed by atoms with Crippen molar-refractivity contribution in [3.8, 4) is 16.6 Å². The molecule has 0 aliphatic heterocycles. The van der Waals surface area contributed by atoms with Gasteiger partial charge in [-0.15, -0.1) is 11.3 Å². The molecule has 1 atom stereocenters. The predicted octanol–water partition coefficient (Wildman–Crippen LogP) is 7.45. The van der Waals surface area contributed by atoms with E-state index in [1.807, 2.05) is 0 Å². The van der Waals surface area contributed by atoms with Gasteiger partial charge < -0.3 is 5.32 Å². The van der Waals surface area contributed by atoms with Crippen molar-refractivity contribution >= 4 is 34.7 Å². The molecule has 2 aromatic heterocycles. The zero-order valence-corrected chi connectivity index (χ0v) is 19.6. The summed E-state index contributed by atoms with van der Waals surface area (Å²) >= 11 is 1.75. The Morgan fingerprint density at radius 2 is 1.72 bits per heavy atom. The molecule has 1 N–H and O–H groups in total. The number of hydrogen-bond acceptors (Lipinski definition) is 5. The van der Waals surface area contributed by atoms with E-state index in [9.17, 15) is 32.0 Å². The summed E-state index contributed by atoms with van der Waals surface area (Å²) in [4.78, 5) is 17.9. The maximum absolute atomic E-state index is 14.2. The second-order valence-electron chi connectivity index (χ2n) is 7.32. The Morgan fingerprint density at radius 1 is 1.03 bits per heavy atom. The van der Waals surface area contributed by atoms with Crippen molar-refractivity contribution in [2.24, 2.45) is 0 Å². The lowest BCUT2D eigenvalue weighted by Crippen LogP contribution is -2.21. The monoisotopic (exact) mass is 531 g/mol. The Morgan fingerprint density at radius 3 is 2.31 bits per heavy atom. The molecule has 4 nitrogen and oxygen atoms in total. The topological polar surface area (TPSA) is 65.8 Å². The van der Waals surface area contributed by atoms with Crippen LogP contribution >= 0.6 is 23.1 Å². The van der Waals surface area contributed by atoms with Crippen LogP contribution in [0.2, 0.25) is 0 Å². The second kappa shape index (κ2) is 10.5. The van der Waals surface area contributed by atoms with Gasteiger partial charge in [0.1, 0.15) is 33.7 Å². The molecule has 4 aromatic rings. The van der Waals surface area contributed by atoms with Crippen molar-refractivity contribution in [3.05, 3.63) is 100 Å². The highest BCUT2D eigenvalue weighted by Crippen LogP contribution is 2.43. The summed E-state index contributed by atoms with van der Waals surface area (Å²) in [5.74, 6) is -2.94. The number of rotatable bonds is 6. The third-order valence-corrected chi connectivity index (χ3v) is 7.09. The molecule has 1 amide bonds. The van der Waals surface area contributed by atoms with Crippen LogP contribution in [0.15, 0.2) is 77.1 Å². The summed E-state index contributed by atoms with van der Waals surface area (Å²) < 4.78 is 70.0. The highest BCUT2D eigenvalue weighted by molar-refractivity contribution is 8.00. The number of thiophene rings is 1. The van der Waals surface area contributed by atoms with Crippen LogP contribution in [0.1, 0.15) is 21.9 Å². The largest absolute Gasteiger partial charge is 0.417 e. The normalized spacial score (nSPS) is 12.1. The van der Waals surface area contributed by atoms with Crippen molar-refractivity contribution in [2.75, 3.05) is 5.32 Å². The van der Waals surface area contributed by atoms with Crippen LogP contribution in [0, 0.1) is 23.0 Å². The van der Waals surface area contributed by atoms with E-state index in [4.69, 9.17) is 0 Å². The van der Waals surface area contributed by atoms with Gasteiger partial charge in [-0.3, -0.25) is 4.79 Å². The molecule has 0 saturated carbocycles. The molecule has 0 bridgehead atoms. The number of thioether (sulfide) groups is 1. The number of nitriles is 1. The van der Waals surface area contributed by atoms with Crippen LogP contribution in [0.4, 0.5) is 27.6 Å². The highest BCUT2D eigenvalue weighted by atomic mass is 32.2. The fourth-order valence-corrected chi connectivity index (χ4v) is 5.10. The number of anilines is 1. The van der Waals surface area contributed by atoms with Crippen molar-refractivity contribution < 1.29 is 26.7 Å². The summed E-state index contributed by atoms with van der Waals surface area (Å²) in [7, 11) is 0. The van der Waals surface area contributed by atoms with E-state index in [1.54, 1.807) is 41.8 Å². The molecular weight excluding hydrogens is 517 g/mol. The number of carbonyl (C=O) groups is 1. The van der Waals surface area contributed by atoms with E-state index in [0.717, 1.165) is 35.6 Å². The van der Waals surface area contributed by atoms with Gasteiger partial charge in [0.15, 0.2) is 0 Å². The lowest BCUT2D eigenvalue weighted by Gasteiger charge is -2.19. The summed E-state index contributed by atoms with van der Waals surface area (Å²) in [5.41, 5.74) is -2.33. The van der Waals surface area contributed by atoms with Crippen LogP contribution in [0.25, 0.3) is 10.6 Å². The Bertz CT molecular complexity index is 1410. The molecule has 0 spiro atoms. The molecule has 4 rings (SSSR count). The average Bonchev–Trinajstić information content (AvgIpc) is 3.39. The predicted molar refractivity (Wildman–Crippen MR) is 127 cm³/mol. The fourth-order valence-electron chi connectivity index (χ4n) is 3.31. The van der Waals surface area contributed by atoms with E-state index in [-0.39, 0.29) is 10.7 Å². The van der Waals surface area contributed by atoms with E-state index < -0.39 is 45.8 Å². The van der Waals surface area contributed by atoms with Crippen LogP contribution in [-0.2, 0) is 11.0 Å². The highest BCUT2D eigenvalue weighted by Gasteiger charge is 2.37. The van der Waals surface area contributed by atoms with Gasteiger partial charge >= 0.3 is 6.18 Å². The first-order valence-electron chi connectivity index (χ1n) is 10.2. The Labute approximate surface area is 210 Å². The number of nitrogens with one attached hydrogen (secondary N) is 1. The van der Waals surface area contributed by atoms with Crippen LogP contribution in [-0.4, -0.2) is 10.9 Å². The minimum absolute atomic E-state index is 0.0220. The first-order chi connectivity index (χ1) is 17.2. The zero-order chi connectivity index (χ0) is 25.9. The van der Waals surface area contributed by atoms with Crippen molar-refractivity contribution in [1.82, 2.24) is 4.98 Å². The van der Waals surface area contributed by atoms with Gasteiger partial charge in [-0.1, -0.05) is 54.2 Å². The number of pyridine rings is 1. The molecule has 0 aliphatic rings. The van der Waals surface area contributed by atoms with Gasteiger partial charge in [-0.25, -0.2) is 13.8 Å². The summed E-state index contributed by atoms with van der Waals surface area (Å²) in [6, 6.07) is 16.5. The van der Waals surface area contributed by atoms with Crippen molar-refractivity contribution in [3.63, 3.8) is 0 Å². The van der Waals surface area contributed by atoms with Gasteiger partial charge in [0.2, 0.25) is 5.91 Å². The van der Waals surface area contributed by atoms with Gasteiger partial charge in [-0.2, -0.15) is 18.4 Å². The Balaban J connectivity index is 1.83. The van der Waals surface area contributed by atoms with Gasteiger partial charge in [0.25, 0.3) is 0 Å². The third kappa shape index (κ3) is 5.40. The quantitative estimate of drug-likeness (QED) is 0.207. The van der Waals surface area contributed by atoms with E-state index >= 15 is 0 Å². The number of carbonyl (C=O) groups excluding carboxylic acids is 1. The molecule has 182 valence electrons. The number of aromatic nitrogens is 1. The van der Waals surface area contributed by atoms with Gasteiger partial charge in [0, 0.05) is 0 Å². The molecule has 2 heterocycles. The minimum Gasteiger partial charge on any atom is -0.320 e. The number of alkyl halides is 3. The number of benzene rings is 2. The van der Waals surface area contributed by atoms with Crippen LogP contribution in [0.5, 0.6) is 0 Å². The van der Waals surface area contributed by atoms with E-state index in [1.165, 1.54) is 12.1 Å². The summed E-state index contributed by atoms with van der Waals surface area (Å²) in [5, 5.41) is 11.8. The minimum atomic E-state index is -4.86. The lowest BCUT2D eigenvalue weighted by molar-refractivity contribution is -0.138. The van der Waals surface area contributed by atoms with Crippen LogP contribution < -0.4 is 5.32 Å². The maximum Gasteiger partial charge on any atom is 0.417 e. The second-order valence-corrected chi connectivity index (χ2v) is 9.36. The molecule has 0 radical (unpaired) electrons. The molecule has 2 aromatic carbocycles. The van der Waals surface area contributed by atoms with E-state index in [0.29, 0.717) is 22.2 Å². The van der Waals surface area contributed by atoms with E-state index in [2.05, 4.69) is 10.3 Å². The molecule has 0 fully saturated rings. The summed E-state index contributed by atoms with van der Waals surface area (Å²) in [6.45, 7) is 0. The molecule has 11 heteroatoms. The SMILES string of the molecule is N#Cc1c(C(F)(F)F)cc(-c2cccs2)nc1S[C@H](C(=O)Nc1c(F)cccc1F)c1ccccc1. The average molecular weight is 532 g/mol. The van der Waals surface area contributed by atoms with Crippen LogP contribution in [0.3, 0.4) is 0 Å². The molecular formula is C25H14F5N3OS2. The Kier molecular flexibility index (Phi) is 7.37. The molecule has 0 unspecified atom stereocenters. The van der Waals surface area contributed by atoms with Crippen molar-refractivity contribution in [2.45, 2.75) is 16.5 Å². The standard InChI is InChI=1S/C25H14F5N3OS2/c26-17-8-4-9-18(27)21(17)33-23(34)22(14-6-2-1-3-7-14)36-24-15(13-31)16(25(28,29)30)12-19(32-24)20-10-5-11-35-20/h1-12,22H,(H,33,34)/t22-/m0/s1. The first kappa shape index (κ1) is 25.3. The first-order valence-corrected chi connectivity index (χ1v) is 12.0. The molecule has 36 heavy (non-hydrogen) atoms. The molecule has 0 aliphatic carbocycles. The van der Waals surface area contributed by atoms with Gasteiger partial charge in [0.05, 0.1) is 21.7 Å². The lowest BCUT2D eigenvalue weighted by atomic mass is 10.1. The number of hydrogen-bond donors (Lipinski definition) is 1. The van der Waals surface area contributed by atoms with Gasteiger partial charge in [-0.05, 0) is 35.2 Å². The summed E-state index contributed by atoms with van der Waals surface area (Å²) in [6.07, 6.45) is -4.86. The zero-order valence-electron chi connectivity index (χ0n) is 18.0. The molecule has 0 saturated heterocycles.